The van der Waals surface area contributed by atoms with E-state index < -0.39 is 21.1 Å². The SMILES string of the molecule is O=C(O)CCS(=O)(=O)C1CCOC2(CCCCC2)C1. The van der Waals surface area contributed by atoms with E-state index in [9.17, 15) is 13.2 Å². The standard InChI is InChI=1S/C13H22O5S/c14-12(15)5-9-19(16,17)11-4-8-18-13(10-11)6-2-1-3-7-13/h11H,1-10H2,(H,14,15). The van der Waals surface area contributed by atoms with E-state index >= 15 is 0 Å². The van der Waals surface area contributed by atoms with Gasteiger partial charge in [-0.25, -0.2) is 8.42 Å². The van der Waals surface area contributed by atoms with E-state index in [1.165, 1.54) is 6.42 Å². The van der Waals surface area contributed by atoms with Gasteiger partial charge in [-0.05, 0) is 25.7 Å². The average Bonchev–Trinajstić information content (AvgIpc) is 2.37. The molecule has 1 atom stereocenters. The van der Waals surface area contributed by atoms with Gasteiger partial charge in [-0.1, -0.05) is 19.3 Å². The fraction of sp³-hybridized carbons (Fsp3) is 0.923. The van der Waals surface area contributed by atoms with Gasteiger partial charge in [0.25, 0.3) is 0 Å². The van der Waals surface area contributed by atoms with E-state index in [2.05, 4.69) is 0 Å². The topological polar surface area (TPSA) is 80.7 Å². The van der Waals surface area contributed by atoms with Crippen molar-refractivity contribution in [1.82, 2.24) is 0 Å². The second-order valence-corrected chi connectivity index (χ2v) is 8.12. The van der Waals surface area contributed by atoms with Crippen LogP contribution in [-0.4, -0.2) is 42.7 Å². The molecule has 0 aromatic heterocycles. The summed E-state index contributed by atoms with van der Waals surface area (Å²) >= 11 is 0. The second-order valence-electron chi connectivity index (χ2n) is 5.72. The number of rotatable bonds is 4. The van der Waals surface area contributed by atoms with Crippen LogP contribution in [0.25, 0.3) is 0 Å². The number of aliphatic carboxylic acids is 1. The average molecular weight is 290 g/mol. The zero-order valence-electron chi connectivity index (χ0n) is 11.1. The van der Waals surface area contributed by atoms with Crippen molar-refractivity contribution in [3.63, 3.8) is 0 Å². The summed E-state index contributed by atoms with van der Waals surface area (Å²) in [6.45, 7) is 0.483. The van der Waals surface area contributed by atoms with Crippen LogP contribution in [0, 0.1) is 0 Å². The molecule has 1 saturated carbocycles. The molecule has 0 aromatic carbocycles. The van der Waals surface area contributed by atoms with Gasteiger partial charge in [-0.2, -0.15) is 0 Å². The minimum Gasteiger partial charge on any atom is -0.481 e. The van der Waals surface area contributed by atoms with Gasteiger partial charge in [0.2, 0.25) is 0 Å². The Labute approximate surface area is 114 Å². The molecule has 1 aliphatic carbocycles. The van der Waals surface area contributed by atoms with Gasteiger partial charge in [0.05, 0.1) is 23.0 Å². The Hall–Kier alpha value is -0.620. The van der Waals surface area contributed by atoms with Gasteiger partial charge in [0, 0.05) is 6.61 Å². The summed E-state index contributed by atoms with van der Waals surface area (Å²) in [6, 6.07) is 0. The summed E-state index contributed by atoms with van der Waals surface area (Å²) in [5.74, 6) is -1.30. The van der Waals surface area contributed by atoms with Crippen LogP contribution in [0.2, 0.25) is 0 Å². The maximum atomic E-state index is 12.2. The van der Waals surface area contributed by atoms with Gasteiger partial charge < -0.3 is 9.84 Å². The van der Waals surface area contributed by atoms with Crippen LogP contribution in [0.4, 0.5) is 0 Å². The van der Waals surface area contributed by atoms with Crippen LogP contribution in [-0.2, 0) is 19.4 Å². The van der Waals surface area contributed by atoms with Crippen LogP contribution >= 0.6 is 0 Å². The Balaban J connectivity index is 2.01. The molecule has 1 aliphatic heterocycles. The van der Waals surface area contributed by atoms with Crippen molar-refractivity contribution in [1.29, 1.82) is 0 Å². The van der Waals surface area contributed by atoms with Gasteiger partial charge in [0.1, 0.15) is 0 Å². The molecule has 1 spiro atoms. The van der Waals surface area contributed by atoms with E-state index in [-0.39, 0.29) is 17.8 Å². The van der Waals surface area contributed by atoms with Crippen molar-refractivity contribution >= 4 is 15.8 Å². The Morgan fingerprint density at radius 3 is 2.58 bits per heavy atom. The first-order valence-electron chi connectivity index (χ1n) is 7.01. The van der Waals surface area contributed by atoms with Crippen LogP contribution in [0.3, 0.4) is 0 Å². The van der Waals surface area contributed by atoms with Crippen molar-refractivity contribution in [2.45, 2.75) is 62.2 Å². The van der Waals surface area contributed by atoms with Crippen LogP contribution in [0.1, 0.15) is 51.4 Å². The highest BCUT2D eigenvalue weighted by Gasteiger charge is 2.42. The lowest BCUT2D eigenvalue weighted by molar-refractivity contribution is -0.136. The predicted octanol–water partition coefficient (Wildman–Crippen LogP) is 1.76. The van der Waals surface area contributed by atoms with E-state index in [0.29, 0.717) is 19.4 Å². The Bertz CT molecular complexity index is 417. The molecule has 2 rings (SSSR count). The summed E-state index contributed by atoms with van der Waals surface area (Å²) in [5, 5.41) is 8.21. The molecule has 6 heteroatoms. The van der Waals surface area contributed by atoms with Crippen molar-refractivity contribution in [2.75, 3.05) is 12.4 Å². The van der Waals surface area contributed by atoms with Crippen LogP contribution < -0.4 is 0 Å². The summed E-state index contributed by atoms with van der Waals surface area (Å²) in [6.07, 6.45) is 6.03. The molecule has 5 nitrogen and oxygen atoms in total. The maximum Gasteiger partial charge on any atom is 0.304 e. The van der Waals surface area contributed by atoms with Gasteiger partial charge in [-0.3, -0.25) is 4.79 Å². The molecular weight excluding hydrogens is 268 g/mol. The second kappa shape index (κ2) is 5.79. The van der Waals surface area contributed by atoms with E-state index in [1.54, 1.807) is 0 Å². The quantitative estimate of drug-likeness (QED) is 0.853. The molecule has 2 aliphatic rings. The van der Waals surface area contributed by atoms with E-state index in [1.807, 2.05) is 0 Å². The monoisotopic (exact) mass is 290 g/mol. The number of hydrogen-bond acceptors (Lipinski definition) is 4. The summed E-state index contributed by atoms with van der Waals surface area (Å²) in [5.41, 5.74) is -0.253. The summed E-state index contributed by atoms with van der Waals surface area (Å²) < 4.78 is 30.3. The zero-order valence-corrected chi connectivity index (χ0v) is 12.0. The fourth-order valence-electron chi connectivity index (χ4n) is 3.23. The molecule has 19 heavy (non-hydrogen) atoms. The molecule has 0 aromatic rings. The molecule has 0 amide bonds. The fourth-order valence-corrected chi connectivity index (χ4v) is 5.04. The third-order valence-corrected chi connectivity index (χ3v) is 6.51. The van der Waals surface area contributed by atoms with Crippen molar-refractivity contribution in [3.8, 4) is 0 Å². The van der Waals surface area contributed by atoms with Gasteiger partial charge in [0.15, 0.2) is 9.84 Å². The summed E-state index contributed by atoms with van der Waals surface area (Å²) in [4.78, 5) is 10.5. The zero-order chi connectivity index (χ0) is 13.9. The molecule has 1 heterocycles. The summed E-state index contributed by atoms with van der Waals surface area (Å²) in [7, 11) is -3.31. The first kappa shape index (κ1) is 14.8. The number of carboxylic acids is 1. The smallest absolute Gasteiger partial charge is 0.304 e. The van der Waals surface area contributed by atoms with Crippen molar-refractivity contribution in [2.24, 2.45) is 0 Å². The molecular formula is C13H22O5S. The largest absolute Gasteiger partial charge is 0.481 e. The third-order valence-electron chi connectivity index (χ3n) is 4.32. The van der Waals surface area contributed by atoms with Crippen molar-refractivity contribution < 1.29 is 23.1 Å². The lowest BCUT2D eigenvalue weighted by Crippen LogP contribution is -2.46. The number of ether oxygens (including phenoxy) is 1. The molecule has 1 saturated heterocycles. The number of carbonyl (C=O) groups is 1. The number of hydrogen-bond donors (Lipinski definition) is 1. The molecule has 1 unspecified atom stereocenters. The number of sulfone groups is 1. The highest BCUT2D eigenvalue weighted by molar-refractivity contribution is 7.92. The Kier molecular flexibility index (Phi) is 4.50. The first-order valence-corrected chi connectivity index (χ1v) is 8.72. The van der Waals surface area contributed by atoms with Gasteiger partial charge in [-0.15, -0.1) is 0 Å². The molecule has 110 valence electrons. The van der Waals surface area contributed by atoms with E-state index in [4.69, 9.17) is 9.84 Å². The highest BCUT2D eigenvalue weighted by atomic mass is 32.2. The molecule has 1 N–H and O–H groups in total. The highest BCUT2D eigenvalue weighted by Crippen LogP contribution is 2.40. The van der Waals surface area contributed by atoms with Gasteiger partial charge >= 0.3 is 5.97 Å². The Morgan fingerprint density at radius 1 is 1.26 bits per heavy atom. The van der Waals surface area contributed by atoms with Crippen molar-refractivity contribution in [3.05, 3.63) is 0 Å². The third kappa shape index (κ3) is 3.69. The predicted molar refractivity (Wildman–Crippen MR) is 70.8 cm³/mol. The lowest BCUT2D eigenvalue weighted by Gasteiger charge is -2.43. The van der Waals surface area contributed by atoms with Crippen LogP contribution in [0.15, 0.2) is 0 Å². The first-order chi connectivity index (χ1) is 8.94. The molecule has 2 fully saturated rings. The maximum absolute atomic E-state index is 12.2. The minimum atomic E-state index is -3.31. The molecule has 0 bridgehead atoms. The Morgan fingerprint density at radius 2 is 1.95 bits per heavy atom. The van der Waals surface area contributed by atoms with Crippen LogP contribution in [0.5, 0.6) is 0 Å². The number of carboxylic acid groups (broad SMARTS) is 1. The van der Waals surface area contributed by atoms with E-state index in [0.717, 1.165) is 25.7 Å². The minimum absolute atomic E-state index is 0.247. The molecule has 0 radical (unpaired) electrons. The lowest BCUT2D eigenvalue weighted by atomic mass is 9.80. The normalized spacial score (nSPS) is 27.3.